The Morgan fingerprint density at radius 2 is 1.90 bits per heavy atom. The van der Waals surface area contributed by atoms with Crippen molar-refractivity contribution in [2.45, 2.75) is 20.3 Å². The number of nitrogens with zero attached hydrogens (tertiary/aromatic N) is 2. The molecular formula is C15H16ClN3O. The van der Waals surface area contributed by atoms with Crippen LogP contribution >= 0.6 is 11.6 Å². The number of amides is 1. The predicted octanol–water partition coefficient (Wildman–Crippen LogP) is 2.72. The highest BCUT2D eigenvalue weighted by atomic mass is 35.5. The van der Waals surface area contributed by atoms with Crippen LogP contribution in [0.3, 0.4) is 0 Å². The highest BCUT2D eigenvalue weighted by Gasteiger charge is 2.08. The van der Waals surface area contributed by atoms with E-state index in [-0.39, 0.29) is 5.91 Å². The van der Waals surface area contributed by atoms with Gasteiger partial charge in [0, 0.05) is 17.3 Å². The largest absolute Gasteiger partial charge is 0.350 e. The number of benzene rings is 1. The molecule has 0 aliphatic carbocycles. The Morgan fingerprint density at radius 1 is 1.20 bits per heavy atom. The molecule has 1 N–H and O–H groups in total. The zero-order valence-corrected chi connectivity index (χ0v) is 12.2. The number of hydrogen-bond acceptors (Lipinski definition) is 3. The molecule has 0 bridgehead atoms. The summed E-state index contributed by atoms with van der Waals surface area (Å²) in [5.41, 5.74) is 2.33. The molecule has 1 aromatic heterocycles. The Morgan fingerprint density at radius 3 is 2.55 bits per heavy atom. The molecule has 5 heteroatoms. The van der Waals surface area contributed by atoms with Crippen LogP contribution in [0.15, 0.2) is 30.3 Å². The van der Waals surface area contributed by atoms with E-state index in [1.165, 1.54) is 0 Å². The van der Waals surface area contributed by atoms with Gasteiger partial charge in [-0.3, -0.25) is 4.79 Å². The van der Waals surface area contributed by atoms with E-state index in [1.807, 2.05) is 31.2 Å². The molecule has 4 nitrogen and oxygen atoms in total. The van der Waals surface area contributed by atoms with Gasteiger partial charge in [-0.25, -0.2) is 9.97 Å². The quantitative estimate of drug-likeness (QED) is 0.941. The van der Waals surface area contributed by atoms with E-state index in [4.69, 9.17) is 11.6 Å². The SMILES string of the molecule is Cc1cc(C(=O)NCCc2ccc(Cl)cc2)nc(C)n1. The molecule has 20 heavy (non-hydrogen) atoms. The minimum atomic E-state index is -0.174. The van der Waals surface area contributed by atoms with Crippen molar-refractivity contribution >= 4 is 17.5 Å². The van der Waals surface area contributed by atoms with Crippen molar-refractivity contribution in [3.05, 3.63) is 58.1 Å². The van der Waals surface area contributed by atoms with Crippen LogP contribution in [0.4, 0.5) is 0 Å². The van der Waals surface area contributed by atoms with Gasteiger partial charge in [0.1, 0.15) is 11.5 Å². The summed E-state index contributed by atoms with van der Waals surface area (Å²) in [4.78, 5) is 20.3. The van der Waals surface area contributed by atoms with E-state index in [0.29, 0.717) is 23.1 Å². The average molecular weight is 290 g/mol. The molecule has 1 aromatic carbocycles. The molecule has 104 valence electrons. The van der Waals surface area contributed by atoms with Gasteiger partial charge in [-0.2, -0.15) is 0 Å². The monoisotopic (exact) mass is 289 g/mol. The van der Waals surface area contributed by atoms with Crippen LogP contribution in [0.25, 0.3) is 0 Å². The second-order valence-corrected chi connectivity index (χ2v) is 5.01. The lowest BCUT2D eigenvalue weighted by molar-refractivity contribution is 0.0948. The summed E-state index contributed by atoms with van der Waals surface area (Å²) < 4.78 is 0. The lowest BCUT2D eigenvalue weighted by Crippen LogP contribution is -2.27. The number of nitrogens with one attached hydrogen (secondary N) is 1. The number of aryl methyl sites for hydroxylation is 2. The van der Waals surface area contributed by atoms with Crippen molar-refractivity contribution in [3.8, 4) is 0 Å². The molecule has 0 aliphatic rings. The maximum absolute atomic E-state index is 12.0. The molecule has 0 spiro atoms. The summed E-state index contributed by atoms with van der Waals surface area (Å²) in [5.74, 6) is 0.431. The number of rotatable bonds is 4. The average Bonchev–Trinajstić information content (AvgIpc) is 2.40. The third-order valence-corrected chi connectivity index (χ3v) is 3.06. The number of carbonyl (C=O) groups excluding carboxylic acids is 1. The van der Waals surface area contributed by atoms with Gasteiger partial charge in [0.2, 0.25) is 0 Å². The molecule has 1 heterocycles. The minimum Gasteiger partial charge on any atom is -0.350 e. The van der Waals surface area contributed by atoms with Crippen molar-refractivity contribution in [2.75, 3.05) is 6.54 Å². The van der Waals surface area contributed by atoms with Crippen LogP contribution in [0.5, 0.6) is 0 Å². The first kappa shape index (κ1) is 14.5. The molecule has 0 aliphatic heterocycles. The van der Waals surface area contributed by atoms with Gasteiger partial charge in [-0.15, -0.1) is 0 Å². The van der Waals surface area contributed by atoms with Crippen LogP contribution in [-0.2, 0) is 6.42 Å². The van der Waals surface area contributed by atoms with E-state index in [1.54, 1.807) is 13.0 Å². The Kier molecular flexibility index (Phi) is 4.69. The lowest BCUT2D eigenvalue weighted by Gasteiger charge is -2.06. The summed E-state index contributed by atoms with van der Waals surface area (Å²) >= 11 is 5.82. The first-order valence-electron chi connectivity index (χ1n) is 6.39. The van der Waals surface area contributed by atoms with Crippen molar-refractivity contribution in [3.63, 3.8) is 0 Å². The standard InChI is InChI=1S/C15H16ClN3O/c1-10-9-14(19-11(2)18-10)15(20)17-8-7-12-3-5-13(16)6-4-12/h3-6,9H,7-8H2,1-2H3,(H,17,20). The summed E-state index contributed by atoms with van der Waals surface area (Å²) in [7, 11) is 0. The summed E-state index contributed by atoms with van der Waals surface area (Å²) in [6, 6.07) is 9.28. The smallest absolute Gasteiger partial charge is 0.270 e. The third kappa shape index (κ3) is 4.03. The Hall–Kier alpha value is -1.94. The van der Waals surface area contributed by atoms with Gasteiger partial charge in [0.25, 0.3) is 5.91 Å². The van der Waals surface area contributed by atoms with E-state index in [9.17, 15) is 4.79 Å². The second-order valence-electron chi connectivity index (χ2n) is 4.57. The van der Waals surface area contributed by atoms with E-state index in [0.717, 1.165) is 17.7 Å². The molecule has 0 atom stereocenters. The van der Waals surface area contributed by atoms with Crippen LogP contribution < -0.4 is 5.32 Å². The van der Waals surface area contributed by atoms with Crippen LogP contribution in [0, 0.1) is 13.8 Å². The molecule has 0 saturated carbocycles. The Bertz CT molecular complexity index is 591. The molecule has 2 rings (SSSR count). The van der Waals surface area contributed by atoms with Crippen molar-refractivity contribution in [1.29, 1.82) is 0 Å². The van der Waals surface area contributed by atoms with Gasteiger partial charge in [-0.1, -0.05) is 23.7 Å². The first-order chi connectivity index (χ1) is 9.54. The fourth-order valence-corrected chi connectivity index (χ4v) is 2.02. The molecule has 1 amide bonds. The van der Waals surface area contributed by atoms with Gasteiger partial charge in [-0.05, 0) is 44.0 Å². The minimum absolute atomic E-state index is 0.174. The molecule has 0 unspecified atom stereocenters. The maximum Gasteiger partial charge on any atom is 0.270 e. The van der Waals surface area contributed by atoms with E-state index >= 15 is 0 Å². The molecule has 0 saturated heterocycles. The zero-order chi connectivity index (χ0) is 14.5. The fourth-order valence-electron chi connectivity index (χ4n) is 1.90. The van der Waals surface area contributed by atoms with Crippen LogP contribution in [-0.4, -0.2) is 22.4 Å². The second kappa shape index (κ2) is 6.48. The number of halogens is 1. The predicted molar refractivity (Wildman–Crippen MR) is 79.0 cm³/mol. The topological polar surface area (TPSA) is 54.9 Å². The highest BCUT2D eigenvalue weighted by molar-refractivity contribution is 6.30. The molecule has 0 radical (unpaired) electrons. The van der Waals surface area contributed by atoms with Gasteiger partial charge in [0.05, 0.1) is 0 Å². The summed E-state index contributed by atoms with van der Waals surface area (Å²) in [6.07, 6.45) is 0.756. The van der Waals surface area contributed by atoms with E-state index < -0.39 is 0 Å². The molecular weight excluding hydrogens is 274 g/mol. The molecule has 0 fully saturated rings. The van der Waals surface area contributed by atoms with Gasteiger partial charge >= 0.3 is 0 Å². The van der Waals surface area contributed by atoms with Crippen molar-refractivity contribution in [1.82, 2.24) is 15.3 Å². The Balaban J connectivity index is 1.90. The van der Waals surface area contributed by atoms with Gasteiger partial charge in [0.15, 0.2) is 0 Å². The summed E-state index contributed by atoms with van der Waals surface area (Å²) in [5, 5.41) is 3.57. The highest BCUT2D eigenvalue weighted by Crippen LogP contribution is 2.09. The number of hydrogen-bond donors (Lipinski definition) is 1. The fraction of sp³-hybridized carbons (Fsp3) is 0.267. The first-order valence-corrected chi connectivity index (χ1v) is 6.77. The van der Waals surface area contributed by atoms with Crippen molar-refractivity contribution in [2.24, 2.45) is 0 Å². The molecule has 2 aromatic rings. The normalized spacial score (nSPS) is 10.3. The van der Waals surface area contributed by atoms with E-state index in [2.05, 4.69) is 15.3 Å². The van der Waals surface area contributed by atoms with Crippen molar-refractivity contribution < 1.29 is 4.79 Å². The summed E-state index contributed by atoms with van der Waals surface area (Å²) in [6.45, 7) is 4.18. The Labute approximate surface area is 123 Å². The lowest BCUT2D eigenvalue weighted by atomic mass is 10.1. The number of carbonyl (C=O) groups is 1. The maximum atomic E-state index is 12.0. The van der Waals surface area contributed by atoms with Crippen LogP contribution in [0.1, 0.15) is 27.6 Å². The van der Waals surface area contributed by atoms with Crippen LogP contribution in [0.2, 0.25) is 5.02 Å². The number of aromatic nitrogens is 2. The zero-order valence-electron chi connectivity index (χ0n) is 11.5. The van der Waals surface area contributed by atoms with Gasteiger partial charge < -0.3 is 5.32 Å². The third-order valence-electron chi connectivity index (χ3n) is 2.81.